The topological polar surface area (TPSA) is 20.3 Å². The molecule has 0 aliphatic rings. The lowest BCUT2D eigenvalue weighted by Crippen LogP contribution is -2.33. The van der Waals surface area contributed by atoms with Crippen LogP contribution < -0.4 is 0 Å². The summed E-state index contributed by atoms with van der Waals surface area (Å²) in [5.74, 6) is 0.110. The van der Waals surface area contributed by atoms with Crippen LogP contribution in [0.1, 0.15) is 35.7 Å². The van der Waals surface area contributed by atoms with E-state index in [1.165, 1.54) is 0 Å². The monoisotopic (exact) mass is 375 g/mol. The van der Waals surface area contributed by atoms with Gasteiger partial charge in [-0.25, -0.2) is 0 Å². The van der Waals surface area contributed by atoms with Crippen LogP contribution in [-0.2, 0) is 0 Å². The quantitative estimate of drug-likeness (QED) is 0.674. The SMILES string of the molecule is CCCCN(CCBr)C(=O)c1cccc(C)c1Br. The largest absolute Gasteiger partial charge is 0.338 e. The van der Waals surface area contributed by atoms with Gasteiger partial charge in [0.2, 0.25) is 0 Å². The molecule has 0 saturated carbocycles. The highest BCUT2D eigenvalue weighted by atomic mass is 79.9. The van der Waals surface area contributed by atoms with Gasteiger partial charge in [0.05, 0.1) is 5.56 Å². The highest BCUT2D eigenvalue weighted by Crippen LogP contribution is 2.22. The number of hydrogen-bond donors (Lipinski definition) is 0. The van der Waals surface area contributed by atoms with Gasteiger partial charge in [-0.15, -0.1) is 0 Å². The Hall–Kier alpha value is -0.350. The summed E-state index contributed by atoms with van der Waals surface area (Å²) in [5, 5.41) is 0.811. The summed E-state index contributed by atoms with van der Waals surface area (Å²) in [6, 6.07) is 5.81. The van der Waals surface area contributed by atoms with Crippen LogP contribution in [0.15, 0.2) is 22.7 Å². The first kappa shape index (κ1) is 15.7. The van der Waals surface area contributed by atoms with Crippen molar-refractivity contribution in [2.45, 2.75) is 26.7 Å². The summed E-state index contributed by atoms with van der Waals surface area (Å²) >= 11 is 6.92. The smallest absolute Gasteiger partial charge is 0.255 e. The number of nitrogens with zero attached hydrogens (tertiary/aromatic N) is 1. The van der Waals surface area contributed by atoms with Crippen molar-refractivity contribution in [3.8, 4) is 0 Å². The van der Waals surface area contributed by atoms with Crippen LogP contribution in [0.2, 0.25) is 0 Å². The summed E-state index contributed by atoms with van der Waals surface area (Å²) in [6.07, 6.45) is 2.14. The van der Waals surface area contributed by atoms with Crippen molar-refractivity contribution < 1.29 is 4.79 Å². The fourth-order valence-electron chi connectivity index (χ4n) is 1.75. The van der Waals surface area contributed by atoms with Gasteiger partial charge in [0.15, 0.2) is 0 Å². The highest BCUT2D eigenvalue weighted by molar-refractivity contribution is 9.10. The van der Waals surface area contributed by atoms with Crippen LogP contribution in [-0.4, -0.2) is 29.2 Å². The minimum atomic E-state index is 0.110. The van der Waals surface area contributed by atoms with Crippen molar-refractivity contribution in [1.29, 1.82) is 0 Å². The third kappa shape index (κ3) is 4.09. The Morgan fingerprint density at radius 1 is 1.33 bits per heavy atom. The molecule has 0 unspecified atom stereocenters. The highest BCUT2D eigenvalue weighted by Gasteiger charge is 2.17. The number of carbonyl (C=O) groups is 1. The predicted octanol–water partition coefficient (Wildman–Crippen LogP) is 4.39. The molecule has 1 aromatic carbocycles. The Bertz CT molecular complexity index is 407. The van der Waals surface area contributed by atoms with Crippen LogP contribution in [0.5, 0.6) is 0 Å². The first-order chi connectivity index (χ1) is 8.61. The summed E-state index contributed by atoms with van der Waals surface area (Å²) in [4.78, 5) is 14.4. The summed E-state index contributed by atoms with van der Waals surface area (Å²) in [7, 11) is 0. The van der Waals surface area contributed by atoms with Crippen molar-refractivity contribution in [2.75, 3.05) is 18.4 Å². The van der Waals surface area contributed by atoms with Crippen LogP contribution >= 0.6 is 31.9 Å². The van der Waals surface area contributed by atoms with Gasteiger partial charge < -0.3 is 4.90 Å². The Labute approximate surface area is 126 Å². The lowest BCUT2D eigenvalue weighted by atomic mass is 10.1. The molecule has 0 spiro atoms. The zero-order chi connectivity index (χ0) is 13.5. The molecule has 100 valence electrons. The van der Waals surface area contributed by atoms with Gasteiger partial charge in [-0.3, -0.25) is 4.79 Å². The Balaban J connectivity index is 2.90. The van der Waals surface area contributed by atoms with Gasteiger partial charge in [-0.05, 0) is 40.9 Å². The molecule has 1 rings (SSSR count). The van der Waals surface area contributed by atoms with Crippen LogP contribution in [0.25, 0.3) is 0 Å². The molecule has 0 aliphatic heterocycles. The number of halogens is 2. The number of carbonyl (C=O) groups excluding carboxylic acids is 1. The second kappa shape index (κ2) is 7.95. The van der Waals surface area contributed by atoms with E-state index >= 15 is 0 Å². The summed E-state index contributed by atoms with van der Waals surface area (Å²) in [6.45, 7) is 5.71. The lowest BCUT2D eigenvalue weighted by molar-refractivity contribution is 0.0763. The first-order valence-electron chi connectivity index (χ1n) is 6.22. The molecule has 0 atom stereocenters. The van der Waals surface area contributed by atoms with Crippen molar-refractivity contribution >= 4 is 37.8 Å². The molecule has 0 N–H and O–H groups in total. The van der Waals surface area contributed by atoms with Gasteiger partial charge >= 0.3 is 0 Å². The van der Waals surface area contributed by atoms with E-state index in [1.807, 2.05) is 30.0 Å². The molecule has 0 radical (unpaired) electrons. The van der Waals surface area contributed by atoms with Crippen LogP contribution in [0.3, 0.4) is 0 Å². The van der Waals surface area contributed by atoms with Crippen molar-refractivity contribution in [3.05, 3.63) is 33.8 Å². The molecule has 18 heavy (non-hydrogen) atoms. The average Bonchev–Trinajstić information content (AvgIpc) is 2.37. The maximum absolute atomic E-state index is 12.5. The molecule has 0 bridgehead atoms. The lowest BCUT2D eigenvalue weighted by Gasteiger charge is -2.22. The van der Waals surface area contributed by atoms with E-state index in [2.05, 4.69) is 38.8 Å². The van der Waals surface area contributed by atoms with Gasteiger partial charge in [-0.1, -0.05) is 41.4 Å². The minimum absolute atomic E-state index is 0.110. The molecule has 1 aromatic rings. The van der Waals surface area contributed by atoms with E-state index in [0.717, 1.165) is 46.9 Å². The third-order valence-corrected chi connectivity index (χ3v) is 4.25. The van der Waals surface area contributed by atoms with Crippen molar-refractivity contribution in [3.63, 3.8) is 0 Å². The third-order valence-electron chi connectivity index (χ3n) is 2.85. The molecule has 1 amide bonds. The van der Waals surface area contributed by atoms with Gasteiger partial charge in [0.1, 0.15) is 0 Å². The van der Waals surface area contributed by atoms with Gasteiger partial charge in [0, 0.05) is 22.9 Å². The molecule has 0 aliphatic carbocycles. The predicted molar refractivity (Wildman–Crippen MR) is 83.5 cm³/mol. The summed E-state index contributed by atoms with van der Waals surface area (Å²) < 4.78 is 0.908. The number of rotatable bonds is 6. The number of unbranched alkanes of at least 4 members (excludes halogenated alkanes) is 1. The van der Waals surface area contributed by atoms with Gasteiger partial charge in [0.25, 0.3) is 5.91 Å². The molecule has 0 fully saturated rings. The number of amides is 1. The molecule has 2 nitrogen and oxygen atoms in total. The van der Waals surface area contributed by atoms with Crippen molar-refractivity contribution in [1.82, 2.24) is 4.90 Å². The van der Waals surface area contributed by atoms with E-state index in [4.69, 9.17) is 0 Å². The molecule has 4 heteroatoms. The standard InChI is InChI=1S/C14H19Br2NO/c1-3-4-9-17(10-8-15)14(18)12-7-5-6-11(2)13(12)16/h5-7H,3-4,8-10H2,1-2H3. The zero-order valence-electron chi connectivity index (χ0n) is 10.9. The van der Waals surface area contributed by atoms with Crippen LogP contribution in [0, 0.1) is 6.92 Å². The zero-order valence-corrected chi connectivity index (χ0v) is 14.1. The van der Waals surface area contributed by atoms with E-state index in [0.29, 0.717) is 0 Å². The average molecular weight is 377 g/mol. The molecular weight excluding hydrogens is 358 g/mol. The van der Waals surface area contributed by atoms with Crippen LogP contribution in [0.4, 0.5) is 0 Å². The number of alkyl halides is 1. The van der Waals surface area contributed by atoms with E-state index in [9.17, 15) is 4.79 Å². The van der Waals surface area contributed by atoms with Crippen molar-refractivity contribution in [2.24, 2.45) is 0 Å². The van der Waals surface area contributed by atoms with E-state index in [-0.39, 0.29) is 5.91 Å². The van der Waals surface area contributed by atoms with Gasteiger partial charge in [-0.2, -0.15) is 0 Å². The minimum Gasteiger partial charge on any atom is -0.338 e. The van der Waals surface area contributed by atoms with E-state index in [1.54, 1.807) is 0 Å². The molecule has 0 saturated heterocycles. The molecule has 0 aromatic heterocycles. The second-order valence-corrected chi connectivity index (χ2v) is 5.86. The first-order valence-corrected chi connectivity index (χ1v) is 8.13. The number of aryl methyl sites for hydroxylation is 1. The fraction of sp³-hybridized carbons (Fsp3) is 0.500. The maximum Gasteiger partial charge on any atom is 0.255 e. The molecular formula is C14H19Br2NO. The summed E-state index contributed by atoms with van der Waals surface area (Å²) in [5.41, 5.74) is 1.85. The Morgan fingerprint density at radius 2 is 2.06 bits per heavy atom. The number of hydrogen-bond acceptors (Lipinski definition) is 1. The van der Waals surface area contributed by atoms with E-state index < -0.39 is 0 Å². The normalized spacial score (nSPS) is 10.4. The maximum atomic E-state index is 12.5. The number of benzene rings is 1. The Kier molecular flexibility index (Phi) is 6.94. The Morgan fingerprint density at radius 3 is 2.67 bits per heavy atom. The fourth-order valence-corrected chi connectivity index (χ4v) is 2.61. The molecule has 0 heterocycles. The second-order valence-electron chi connectivity index (χ2n) is 4.27.